The summed E-state index contributed by atoms with van der Waals surface area (Å²) in [5.41, 5.74) is 3.50. The quantitative estimate of drug-likeness (QED) is 0.480. The molecule has 0 bridgehead atoms. The van der Waals surface area contributed by atoms with Crippen molar-refractivity contribution in [1.29, 1.82) is 0 Å². The first-order valence-electron chi connectivity index (χ1n) is 12.3. The van der Waals surface area contributed by atoms with E-state index in [1.165, 1.54) is 11.1 Å². The van der Waals surface area contributed by atoms with Crippen molar-refractivity contribution in [3.8, 4) is 5.75 Å². The number of piperidine rings is 1. The molecule has 2 heterocycles. The maximum Gasteiger partial charge on any atom is 0.246 e. The van der Waals surface area contributed by atoms with E-state index in [0.29, 0.717) is 18.2 Å². The van der Waals surface area contributed by atoms with Gasteiger partial charge in [0.2, 0.25) is 5.91 Å². The van der Waals surface area contributed by atoms with Crippen LogP contribution in [0.4, 0.5) is 0 Å². The van der Waals surface area contributed by atoms with Gasteiger partial charge in [-0.15, -0.1) is 12.4 Å². The molecule has 7 heteroatoms. The van der Waals surface area contributed by atoms with Crippen molar-refractivity contribution in [2.75, 3.05) is 39.3 Å². The second kappa shape index (κ2) is 13.3. The van der Waals surface area contributed by atoms with Crippen LogP contribution in [0.3, 0.4) is 0 Å². The van der Waals surface area contributed by atoms with E-state index in [4.69, 9.17) is 16.3 Å². The number of carbonyl (C=O) groups is 1. The maximum atomic E-state index is 12.3. The average molecular weight is 520 g/mol. The van der Waals surface area contributed by atoms with Gasteiger partial charge in [0.25, 0.3) is 0 Å². The van der Waals surface area contributed by atoms with Crippen LogP contribution in [0.25, 0.3) is 6.08 Å². The van der Waals surface area contributed by atoms with E-state index in [1.807, 2.05) is 47.4 Å². The molecule has 0 radical (unpaired) electrons. The van der Waals surface area contributed by atoms with E-state index in [-0.39, 0.29) is 24.9 Å². The molecular weight excluding hydrogens is 483 g/mol. The highest BCUT2D eigenvalue weighted by Crippen LogP contribution is 2.31. The van der Waals surface area contributed by atoms with Crippen molar-refractivity contribution in [2.24, 2.45) is 0 Å². The molecule has 1 atom stereocenters. The van der Waals surface area contributed by atoms with Crippen LogP contribution in [0.5, 0.6) is 5.75 Å². The van der Waals surface area contributed by atoms with Crippen molar-refractivity contribution in [3.05, 3.63) is 70.3 Å². The summed E-state index contributed by atoms with van der Waals surface area (Å²) in [7, 11) is 0. The highest BCUT2D eigenvalue weighted by molar-refractivity contribution is 6.30. The predicted octanol–water partition coefficient (Wildman–Crippen LogP) is 5.33. The monoisotopic (exact) mass is 518 g/mol. The highest BCUT2D eigenvalue weighted by atomic mass is 35.5. The Kier molecular flexibility index (Phi) is 10.5. The molecular formula is C28H36Cl2N2O3. The van der Waals surface area contributed by atoms with Crippen LogP contribution < -0.4 is 4.74 Å². The average Bonchev–Trinajstić information content (AvgIpc) is 3.38. The largest absolute Gasteiger partial charge is 0.490 e. The van der Waals surface area contributed by atoms with Crippen LogP contribution in [-0.2, 0) is 4.79 Å². The summed E-state index contributed by atoms with van der Waals surface area (Å²) in [5, 5.41) is 11.4. The number of amides is 1. The molecule has 2 aromatic carbocycles. The van der Waals surface area contributed by atoms with Crippen LogP contribution in [0.1, 0.15) is 48.3 Å². The Bertz CT molecular complexity index is 999. The number of benzene rings is 2. The van der Waals surface area contributed by atoms with Crippen molar-refractivity contribution in [3.63, 3.8) is 0 Å². The number of hydrogen-bond donors (Lipinski definition) is 1. The summed E-state index contributed by atoms with van der Waals surface area (Å²) >= 11 is 6.11. The number of rotatable bonds is 8. The number of aliphatic hydroxyl groups excluding tert-OH is 1. The Morgan fingerprint density at radius 3 is 2.57 bits per heavy atom. The lowest BCUT2D eigenvalue weighted by Gasteiger charge is -2.34. The number of likely N-dealkylation sites (tertiary alicyclic amines) is 2. The molecule has 1 amide bonds. The van der Waals surface area contributed by atoms with Crippen molar-refractivity contribution in [2.45, 2.75) is 44.6 Å². The minimum absolute atomic E-state index is 0. The Labute approximate surface area is 220 Å². The fourth-order valence-corrected chi connectivity index (χ4v) is 5.24. The predicted molar refractivity (Wildman–Crippen MR) is 145 cm³/mol. The number of halogens is 2. The van der Waals surface area contributed by atoms with Crippen molar-refractivity contribution >= 4 is 36.0 Å². The molecule has 5 nitrogen and oxygen atoms in total. The van der Waals surface area contributed by atoms with Gasteiger partial charge in [-0.3, -0.25) is 4.79 Å². The molecule has 0 spiro atoms. The van der Waals surface area contributed by atoms with Gasteiger partial charge in [0.05, 0.1) is 0 Å². The molecule has 2 aliphatic rings. The maximum absolute atomic E-state index is 12.3. The van der Waals surface area contributed by atoms with Gasteiger partial charge in [-0.05, 0) is 87.0 Å². The first kappa shape index (κ1) is 27.5. The fraction of sp³-hybridized carbons (Fsp3) is 0.464. The van der Waals surface area contributed by atoms with Gasteiger partial charge in [0.1, 0.15) is 18.5 Å². The van der Waals surface area contributed by atoms with Crippen LogP contribution in [-0.4, -0.2) is 66.2 Å². The summed E-state index contributed by atoms with van der Waals surface area (Å²) in [6, 6.07) is 13.8. The van der Waals surface area contributed by atoms with E-state index in [0.717, 1.165) is 62.4 Å². The molecule has 2 fully saturated rings. The molecule has 0 aromatic heterocycles. The minimum atomic E-state index is -0.572. The number of carbonyl (C=O) groups excluding carboxylic acids is 1. The zero-order valence-corrected chi connectivity index (χ0v) is 21.9. The molecule has 2 saturated heterocycles. The first-order chi connectivity index (χ1) is 16.5. The van der Waals surface area contributed by atoms with Crippen LogP contribution in [0.2, 0.25) is 5.02 Å². The SMILES string of the molecule is Cc1cc(Cl)ccc1C1CCN(CC(O)COc2ccccc2C=CC(=O)N2CCCC2)CC1.Cl. The van der Waals surface area contributed by atoms with Crippen LogP contribution >= 0.6 is 24.0 Å². The molecule has 1 N–H and O–H groups in total. The lowest BCUT2D eigenvalue weighted by molar-refractivity contribution is -0.124. The molecule has 4 rings (SSSR count). The highest BCUT2D eigenvalue weighted by Gasteiger charge is 2.23. The first-order valence-corrected chi connectivity index (χ1v) is 12.7. The number of nitrogens with zero attached hydrogens (tertiary/aromatic N) is 2. The molecule has 35 heavy (non-hydrogen) atoms. The number of aryl methyl sites for hydroxylation is 1. The van der Waals surface area contributed by atoms with E-state index in [1.54, 1.807) is 6.08 Å². The van der Waals surface area contributed by atoms with Crippen LogP contribution in [0.15, 0.2) is 48.5 Å². The molecule has 0 saturated carbocycles. The topological polar surface area (TPSA) is 53.0 Å². The van der Waals surface area contributed by atoms with Gasteiger partial charge < -0.3 is 19.6 Å². The number of aliphatic hydroxyl groups is 1. The summed E-state index contributed by atoms with van der Waals surface area (Å²) in [6.45, 7) is 6.54. The second-order valence-corrected chi connectivity index (χ2v) is 9.88. The lowest BCUT2D eigenvalue weighted by Crippen LogP contribution is -2.40. The smallest absolute Gasteiger partial charge is 0.246 e. The zero-order valence-electron chi connectivity index (χ0n) is 20.4. The Morgan fingerprint density at radius 1 is 1.14 bits per heavy atom. The normalized spacial score (nSPS) is 18.0. The van der Waals surface area contributed by atoms with E-state index < -0.39 is 6.10 Å². The third-order valence-electron chi connectivity index (χ3n) is 6.90. The zero-order chi connectivity index (χ0) is 23.9. The number of β-amino-alcohol motifs (C(OH)–C–C–N with tert-alkyl or cyclic N) is 1. The summed E-state index contributed by atoms with van der Waals surface area (Å²) in [6.07, 6.45) is 7.17. The standard InChI is InChI=1S/C28H35ClN2O3.ClH/c1-21-18-24(29)9-10-26(21)22-12-16-30(17-13-22)19-25(32)20-34-27-7-3-2-6-23(27)8-11-28(33)31-14-4-5-15-31;/h2-3,6-11,18,22,25,32H,4-5,12-17,19-20H2,1H3;1H. The molecule has 2 aliphatic heterocycles. The van der Waals surface area contributed by atoms with Crippen molar-refractivity contribution in [1.82, 2.24) is 9.80 Å². The number of hydrogen-bond acceptors (Lipinski definition) is 4. The van der Waals surface area contributed by atoms with Gasteiger partial charge in [-0.2, -0.15) is 0 Å². The minimum Gasteiger partial charge on any atom is -0.490 e. The third kappa shape index (κ3) is 7.71. The van der Waals surface area contributed by atoms with Gasteiger partial charge in [-0.25, -0.2) is 0 Å². The number of ether oxygens (including phenoxy) is 1. The van der Waals surface area contributed by atoms with Crippen molar-refractivity contribution < 1.29 is 14.6 Å². The Balaban J connectivity index is 0.00000342. The van der Waals surface area contributed by atoms with E-state index >= 15 is 0 Å². The summed E-state index contributed by atoms with van der Waals surface area (Å²) in [4.78, 5) is 16.5. The third-order valence-corrected chi connectivity index (χ3v) is 7.14. The van der Waals surface area contributed by atoms with Gasteiger partial charge in [-0.1, -0.05) is 35.9 Å². The van der Waals surface area contributed by atoms with E-state index in [2.05, 4.69) is 17.9 Å². The van der Waals surface area contributed by atoms with Gasteiger partial charge in [0, 0.05) is 36.3 Å². The van der Waals surface area contributed by atoms with Gasteiger partial charge in [0.15, 0.2) is 0 Å². The molecule has 190 valence electrons. The lowest BCUT2D eigenvalue weighted by atomic mass is 9.87. The molecule has 0 aliphatic carbocycles. The summed E-state index contributed by atoms with van der Waals surface area (Å²) < 4.78 is 5.95. The fourth-order valence-electron chi connectivity index (χ4n) is 5.01. The Hall–Kier alpha value is -2.05. The molecule has 2 aromatic rings. The summed E-state index contributed by atoms with van der Waals surface area (Å²) in [5.74, 6) is 1.28. The van der Waals surface area contributed by atoms with Gasteiger partial charge >= 0.3 is 0 Å². The van der Waals surface area contributed by atoms with E-state index in [9.17, 15) is 9.90 Å². The second-order valence-electron chi connectivity index (χ2n) is 9.44. The molecule has 1 unspecified atom stereocenters. The number of para-hydroxylation sites is 1. The Morgan fingerprint density at radius 2 is 1.86 bits per heavy atom. The van der Waals surface area contributed by atoms with Crippen LogP contribution in [0, 0.1) is 6.92 Å².